The van der Waals surface area contributed by atoms with Crippen molar-refractivity contribution in [2.24, 2.45) is 5.14 Å². The van der Waals surface area contributed by atoms with Crippen LogP contribution in [0.4, 0.5) is 0 Å². The van der Waals surface area contributed by atoms with E-state index in [0.717, 1.165) is 11.1 Å². The van der Waals surface area contributed by atoms with Gasteiger partial charge in [0.1, 0.15) is 12.0 Å². The lowest BCUT2D eigenvalue weighted by Crippen LogP contribution is -2.47. The highest BCUT2D eigenvalue weighted by atomic mass is 32.2. The summed E-state index contributed by atoms with van der Waals surface area (Å²) in [6, 6.07) is 7.42. The Bertz CT molecular complexity index is 946. The van der Waals surface area contributed by atoms with Gasteiger partial charge in [-0.15, -0.1) is 0 Å². The zero-order valence-corrected chi connectivity index (χ0v) is 15.6. The lowest BCUT2D eigenvalue weighted by Gasteiger charge is -2.35. The number of benzene rings is 1. The fourth-order valence-corrected chi connectivity index (χ4v) is 4.31. The Morgan fingerprint density at radius 2 is 2.15 bits per heavy atom. The highest BCUT2D eigenvalue weighted by Crippen LogP contribution is 2.43. The van der Waals surface area contributed by atoms with Gasteiger partial charge in [-0.3, -0.25) is 0 Å². The van der Waals surface area contributed by atoms with Crippen molar-refractivity contribution in [3.05, 3.63) is 59.9 Å². The van der Waals surface area contributed by atoms with E-state index < -0.39 is 15.0 Å². The second-order valence-corrected chi connectivity index (χ2v) is 7.99. The summed E-state index contributed by atoms with van der Waals surface area (Å²) in [5, 5.41) is 9.69. The second-order valence-electron chi connectivity index (χ2n) is 6.24. The van der Waals surface area contributed by atoms with Crippen molar-refractivity contribution in [2.75, 3.05) is 6.61 Å². The Morgan fingerprint density at radius 3 is 2.81 bits per heavy atom. The van der Waals surface area contributed by atoms with Gasteiger partial charge in [-0.2, -0.15) is 0 Å². The molecular formula is C19H22N2O4S. The molecule has 0 spiro atoms. The number of aryl methyl sites for hydroxylation is 1. The fourth-order valence-electron chi connectivity index (χ4n) is 3.25. The standard InChI is InChI=1S/C19H22N2O4S/c1-3-12-24-19(26(20,22)23)11-5-4-9-16(19)15-8-6-7-14(2)18(15)17-10-13-25-21-17/h4-10,13H,3,11-12H2,1-2H3,(H2,20,22,23). The van der Waals surface area contributed by atoms with Gasteiger partial charge in [-0.1, -0.05) is 48.5 Å². The van der Waals surface area contributed by atoms with Gasteiger partial charge in [0.2, 0.25) is 15.0 Å². The van der Waals surface area contributed by atoms with Crippen LogP contribution in [0.5, 0.6) is 0 Å². The molecule has 1 aromatic carbocycles. The summed E-state index contributed by atoms with van der Waals surface area (Å²) < 4.78 is 36.1. The van der Waals surface area contributed by atoms with Crippen LogP contribution in [0.3, 0.4) is 0 Å². The lowest BCUT2D eigenvalue weighted by molar-refractivity contribution is 0.0605. The zero-order valence-electron chi connectivity index (χ0n) is 14.8. The van der Waals surface area contributed by atoms with Crippen molar-refractivity contribution in [3.63, 3.8) is 0 Å². The Labute approximate surface area is 153 Å². The third-order valence-corrected chi connectivity index (χ3v) is 5.88. The number of hydrogen-bond donors (Lipinski definition) is 1. The SMILES string of the molecule is CCCOC1(S(N)(=O)=O)CC=CC=C1c1cccc(C)c1-c1ccon1. The average Bonchev–Trinajstić information content (AvgIpc) is 3.13. The highest BCUT2D eigenvalue weighted by molar-refractivity contribution is 7.90. The zero-order chi connectivity index (χ0) is 18.8. The molecule has 0 amide bonds. The largest absolute Gasteiger partial charge is 0.364 e. The molecule has 0 bridgehead atoms. The van der Waals surface area contributed by atoms with Crippen LogP contribution in [0, 0.1) is 6.92 Å². The quantitative estimate of drug-likeness (QED) is 0.836. The van der Waals surface area contributed by atoms with E-state index in [9.17, 15) is 8.42 Å². The molecule has 0 radical (unpaired) electrons. The van der Waals surface area contributed by atoms with E-state index in [0.29, 0.717) is 23.3 Å². The number of aromatic nitrogens is 1. The van der Waals surface area contributed by atoms with Crippen LogP contribution in [-0.2, 0) is 14.8 Å². The van der Waals surface area contributed by atoms with E-state index >= 15 is 0 Å². The normalized spacial score (nSPS) is 20.2. The fraction of sp³-hybridized carbons (Fsp3) is 0.316. The minimum atomic E-state index is -4.04. The number of hydrogen-bond acceptors (Lipinski definition) is 5. The van der Waals surface area contributed by atoms with Gasteiger partial charge in [0.05, 0.1) is 0 Å². The molecule has 1 aliphatic rings. The number of primary sulfonamides is 1. The van der Waals surface area contributed by atoms with Crippen molar-refractivity contribution in [1.82, 2.24) is 5.16 Å². The Morgan fingerprint density at radius 1 is 1.35 bits per heavy atom. The number of allylic oxidation sites excluding steroid dienone is 2. The van der Waals surface area contributed by atoms with E-state index in [-0.39, 0.29) is 13.0 Å². The van der Waals surface area contributed by atoms with Crippen LogP contribution in [0.1, 0.15) is 30.9 Å². The first-order chi connectivity index (χ1) is 12.4. The molecule has 0 saturated heterocycles. The van der Waals surface area contributed by atoms with Gasteiger partial charge < -0.3 is 9.26 Å². The monoisotopic (exact) mass is 374 g/mol. The summed E-state index contributed by atoms with van der Waals surface area (Å²) in [4.78, 5) is -1.62. The minimum absolute atomic E-state index is 0.157. The number of rotatable bonds is 6. The predicted octanol–water partition coefficient (Wildman–Crippen LogP) is 3.40. The molecule has 138 valence electrons. The molecule has 2 aromatic rings. The van der Waals surface area contributed by atoms with Gasteiger partial charge >= 0.3 is 0 Å². The number of sulfonamides is 1. The van der Waals surface area contributed by atoms with Crippen molar-refractivity contribution in [1.29, 1.82) is 0 Å². The van der Waals surface area contributed by atoms with E-state index in [1.807, 2.05) is 38.1 Å². The van der Waals surface area contributed by atoms with Gasteiger partial charge in [-0.05, 0) is 24.5 Å². The molecule has 0 fully saturated rings. The van der Waals surface area contributed by atoms with Crippen LogP contribution in [-0.4, -0.2) is 25.1 Å². The number of nitrogens with zero attached hydrogens (tertiary/aromatic N) is 1. The molecule has 26 heavy (non-hydrogen) atoms. The third kappa shape index (κ3) is 3.13. The maximum absolute atomic E-state index is 12.6. The first-order valence-electron chi connectivity index (χ1n) is 8.45. The molecule has 1 atom stereocenters. The average molecular weight is 374 g/mol. The van der Waals surface area contributed by atoms with Crippen LogP contribution < -0.4 is 5.14 Å². The van der Waals surface area contributed by atoms with Crippen LogP contribution in [0.2, 0.25) is 0 Å². The maximum Gasteiger partial charge on any atom is 0.243 e. The number of ether oxygens (including phenoxy) is 1. The van der Waals surface area contributed by atoms with Gasteiger partial charge in [0.15, 0.2) is 0 Å². The van der Waals surface area contributed by atoms with Crippen molar-refractivity contribution < 1.29 is 17.7 Å². The van der Waals surface area contributed by atoms with E-state index in [4.69, 9.17) is 14.4 Å². The molecule has 3 rings (SSSR count). The van der Waals surface area contributed by atoms with Crippen LogP contribution in [0.15, 0.2) is 53.3 Å². The molecule has 2 N–H and O–H groups in total. The summed E-state index contributed by atoms with van der Waals surface area (Å²) in [6.45, 7) is 4.15. The molecule has 0 aliphatic heterocycles. The molecular weight excluding hydrogens is 352 g/mol. The molecule has 1 unspecified atom stereocenters. The number of nitrogens with two attached hydrogens (primary N) is 1. The summed E-state index contributed by atoms with van der Waals surface area (Å²) >= 11 is 0. The van der Waals surface area contributed by atoms with Gasteiger partial charge in [0, 0.05) is 30.2 Å². The topological polar surface area (TPSA) is 95.4 Å². The summed E-state index contributed by atoms with van der Waals surface area (Å²) in [5.41, 5.74) is 3.61. The van der Waals surface area contributed by atoms with E-state index in [1.165, 1.54) is 6.26 Å². The Hall–Kier alpha value is -2.22. The summed E-state index contributed by atoms with van der Waals surface area (Å²) in [7, 11) is -4.04. The van der Waals surface area contributed by atoms with E-state index in [1.54, 1.807) is 18.2 Å². The predicted molar refractivity (Wildman–Crippen MR) is 100 cm³/mol. The van der Waals surface area contributed by atoms with Crippen LogP contribution >= 0.6 is 0 Å². The van der Waals surface area contributed by atoms with Gasteiger partial charge in [-0.25, -0.2) is 13.6 Å². The molecule has 6 nitrogen and oxygen atoms in total. The van der Waals surface area contributed by atoms with Gasteiger partial charge in [0.25, 0.3) is 0 Å². The Balaban J connectivity index is 2.26. The smallest absolute Gasteiger partial charge is 0.243 e. The minimum Gasteiger partial charge on any atom is -0.364 e. The van der Waals surface area contributed by atoms with E-state index in [2.05, 4.69) is 5.16 Å². The highest BCUT2D eigenvalue weighted by Gasteiger charge is 2.47. The first-order valence-corrected chi connectivity index (χ1v) is 9.99. The Kier molecular flexibility index (Phi) is 5.13. The molecule has 0 saturated carbocycles. The van der Waals surface area contributed by atoms with Crippen molar-refractivity contribution >= 4 is 15.6 Å². The molecule has 7 heteroatoms. The third-order valence-electron chi connectivity index (χ3n) is 4.45. The second kappa shape index (κ2) is 7.19. The summed E-state index contributed by atoms with van der Waals surface area (Å²) in [6.07, 6.45) is 7.66. The van der Waals surface area contributed by atoms with Crippen molar-refractivity contribution in [2.45, 2.75) is 31.6 Å². The molecule has 1 aromatic heterocycles. The molecule has 1 aliphatic carbocycles. The summed E-state index contributed by atoms with van der Waals surface area (Å²) in [5.74, 6) is 0. The van der Waals surface area contributed by atoms with Crippen molar-refractivity contribution in [3.8, 4) is 11.3 Å². The first kappa shape index (κ1) is 18.6. The molecule has 1 heterocycles. The lowest BCUT2D eigenvalue weighted by atomic mass is 9.87. The maximum atomic E-state index is 12.6. The van der Waals surface area contributed by atoms with Crippen LogP contribution in [0.25, 0.3) is 16.8 Å².